The third-order valence-electron chi connectivity index (χ3n) is 4.02. The van der Waals surface area contributed by atoms with Gasteiger partial charge in [0.05, 0.1) is 5.69 Å². The lowest BCUT2D eigenvalue weighted by molar-refractivity contribution is -0.117. The zero-order valence-electron chi connectivity index (χ0n) is 12.9. The van der Waals surface area contributed by atoms with E-state index in [1.807, 2.05) is 17.8 Å². The summed E-state index contributed by atoms with van der Waals surface area (Å²) in [5.74, 6) is 1.15. The highest BCUT2D eigenvalue weighted by Gasteiger charge is 2.30. The van der Waals surface area contributed by atoms with Gasteiger partial charge in [0.1, 0.15) is 6.04 Å². The van der Waals surface area contributed by atoms with Crippen LogP contribution in [0.25, 0.3) is 0 Å². The lowest BCUT2D eigenvalue weighted by Crippen LogP contribution is -2.29. The fourth-order valence-corrected chi connectivity index (χ4v) is 3.76. The van der Waals surface area contributed by atoms with Crippen LogP contribution in [0.15, 0.2) is 16.6 Å². The highest BCUT2D eigenvalue weighted by molar-refractivity contribution is 9.10. The number of amides is 1. The van der Waals surface area contributed by atoms with E-state index in [-0.39, 0.29) is 11.9 Å². The van der Waals surface area contributed by atoms with Crippen LogP contribution in [0.5, 0.6) is 0 Å². The molecule has 0 aliphatic carbocycles. The number of carbonyl (C=O) groups is 1. The van der Waals surface area contributed by atoms with Gasteiger partial charge in [-0.05, 0) is 60.5 Å². The number of carbonyl (C=O) groups excluding carboxylic acids is 1. The first-order chi connectivity index (χ1) is 9.99. The molecule has 2 N–H and O–H groups in total. The summed E-state index contributed by atoms with van der Waals surface area (Å²) in [4.78, 5) is 14.2. The van der Waals surface area contributed by atoms with Gasteiger partial charge in [-0.3, -0.25) is 4.79 Å². The van der Waals surface area contributed by atoms with Crippen LogP contribution in [0.4, 0.5) is 11.4 Å². The van der Waals surface area contributed by atoms with Crippen molar-refractivity contribution in [3.05, 3.63) is 22.2 Å². The molecule has 0 saturated carbocycles. The van der Waals surface area contributed by atoms with Crippen molar-refractivity contribution in [1.82, 2.24) is 5.32 Å². The Morgan fingerprint density at radius 2 is 2.24 bits per heavy atom. The summed E-state index contributed by atoms with van der Waals surface area (Å²) in [7, 11) is 3.90. The van der Waals surface area contributed by atoms with Gasteiger partial charge in [0.15, 0.2) is 0 Å². The van der Waals surface area contributed by atoms with Gasteiger partial charge < -0.3 is 15.5 Å². The van der Waals surface area contributed by atoms with E-state index >= 15 is 0 Å². The molecule has 21 heavy (non-hydrogen) atoms. The second kappa shape index (κ2) is 7.03. The summed E-state index contributed by atoms with van der Waals surface area (Å²) in [5, 5.41) is 6.00. The molecular formula is C15H22BrN3OS. The topological polar surface area (TPSA) is 44.4 Å². The SMILES string of the molecule is CNC1C(=O)Nc2cc(N(C)C(C)CCSC)c(Br)cc21. The van der Waals surface area contributed by atoms with Crippen molar-refractivity contribution in [2.45, 2.75) is 25.4 Å². The Hall–Kier alpha value is -0.720. The zero-order valence-corrected chi connectivity index (χ0v) is 15.3. The highest BCUT2D eigenvalue weighted by atomic mass is 79.9. The Bertz CT molecular complexity index is 538. The fourth-order valence-electron chi connectivity index (χ4n) is 2.55. The van der Waals surface area contributed by atoms with Gasteiger partial charge in [0, 0.05) is 28.8 Å². The average molecular weight is 372 g/mol. The van der Waals surface area contributed by atoms with E-state index in [1.54, 1.807) is 7.05 Å². The quantitative estimate of drug-likeness (QED) is 0.805. The minimum absolute atomic E-state index is 0.00892. The zero-order chi connectivity index (χ0) is 15.6. The summed E-state index contributed by atoms with van der Waals surface area (Å²) in [6.45, 7) is 2.23. The number of hydrogen-bond acceptors (Lipinski definition) is 4. The maximum atomic E-state index is 11.9. The van der Waals surface area contributed by atoms with Crippen molar-refractivity contribution in [3.8, 4) is 0 Å². The first-order valence-electron chi connectivity index (χ1n) is 7.03. The van der Waals surface area contributed by atoms with Crippen LogP contribution < -0.4 is 15.5 Å². The molecule has 1 aliphatic rings. The van der Waals surface area contributed by atoms with Crippen molar-refractivity contribution < 1.29 is 4.79 Å². The van der Waals surface area contributed by atoms with Gasteiger partial charge >= 0.3 is 0 Å². The molecule has 2 unspecified atom stereocenters. The molecular weight excluding hydrogens is 350 g/mol. The van der Waals surface area contributed by atoms with Gasteiger partial charge in [-0.2, -0.15) is 11.8 Å². The molecule has 1 aliphatic heterocycles. The van der Waals surface area contributed by atoms with Crippen LogP contribution in [-0.4, -0.2) is 38.1 Å². The van der Waals surface area contributed by atoms with E-state index in [0.717, 1.165) is 33.6 Å². The minimum atomic E-state index is -0.260. The van der Waals surface area contributed by atoms with E-state index in [9.17, 15) is 4.79 Å². The van der Waals surface area contributed by atoms with Crippen molar-refractivity contribution in [3.63, 3.8) is 0 Å². The van der Waals surface area contributed by atoms with E-state index in [0.29, 0.717) is 6.04 Å². The maximum Gasteiger partial charge on any atom is 0.246 e. The van der Waals surface area contributed by atoms with E-state index in [2.05, 4.69) is 57.8 Å². The maximum absolute atomic E-state index is 11.9. The fraction of sp³-hybridized carbons (Fsp3) is 0.533. The van der Waals surface area contributed by atoms with E-state index in [1.165, 1.54) is 0 Å². The van der Waals surface area contributed by atoms with Gasteiger partial charge in [0.2, 0.25) is 5.91 Å². The Morgan fingerprint density at radius 3 is 2.86 bits per heavy atom. The predicted octanol–water partition coefficient (Wildman–Crippen LogP) is 3.24. The predicted molar refractivity (Wildman–Crippen MR) is 95.4 cm³/mol. The first-order valence-corrected chi connectivity index (χ1v) is 9.21. The molecule has 2 rings (SSSR count). The Kier molecular flexibility index (Phi) is 5.57. The normalized spacial score (nSPS) is 18.3. The molecule has 116 valence electrons. The molecule has 1 aromatic rings. The van der Waals surface area contributed by atoms with Crippen LogP contribution >= 0.6 is 27.7 Å². The van der Waals surface area contributed by atoms with Crippen LogP contribution in [0.1, 0.15) is 24.9 Å². The third-order valence-corrected chi connectivity index (χ3v) is 5.30. The number of fused-ring (bicyclic) bond motifs is 1. The molecule has 2 atom stereocenters. The van der Waals surface area contributed by atoms with E-state index in [4.69, 9.17) is 0 Å². The number of thioether (sulfide) groups is 1. The van der Waals surface area contributed by atoms with Gasteiger partial charge in [-0.15, -0.1) is 0 Å². The first kappa shape index (κ1) is 16.6. The van der Waals surface area contributed by atoms with Crippen molar-refractivity contribution >= 4 is 45.0 Å². The second-order valence-corrected chi connectivity index (χ2v) is 7.18. The Balaban J connectivity index is 2.27. The molecule has 1 amide bonds. The van der Waals surface area contributed by atoms with Crippen molar-refractivity contribution in [1.29, 1.82) is 0 Å². The van der Waals surface area contributed by atoms with Crippen LogP contribution in [0.3, 0.4) is 0 Å². The number of nitrogens with zero attached hydrogens (tertiary/aromatic N) is 1. The molecule has 0 saturated heterocycles. The number of nitrogens with one attached hydrogen (secondary N) is 2. The Morgan fingerprint density at radius 1 is 1.52 bits per heavy atom. The van der Waals surface area contributed by atoms with Crippen LogP contribution in [-0.2, 0) is 4.79 Å². The molecule has 0 bridgehead atoms. The summed E-state index contributed by atoms with van der Waals surface area (Å²) >= 11 is 5.52. The monoisotopic (exact) mass is 371 g/mol. The molecule has 0 radical (unpaired) electrons. The minimum Gasteiger partial charge on any atom is -0.371 e. The van der Waals surface area contributed by atoms with Gasteiger partial charge in [0.25, 0.3) is 0 Å². The summed E-state index contributed by atoms with van der Waals surface area (Å²) in [6, 6.07) is 4.29. The standard InChI is InChI=1S/C15H22BrN3OS/c1-9(5-6-21-4)19(3)13-8-12-10(7-11(13)16)14(17-2)15(20)18-12/h7-9,14,17H,5-6H2,1-4H3,(H,18,20). The molecule has 0 aromatic heterocycles. The number of halogens is 1. The number of likely N-dealkylation sites (N-methyl/N-ethyl adjacent to an activating group) is 1. The third kappa shape index (κ3) is 3.38. The number of anilines is 2. The van der Waals surface area contributed by atoms with Crippen molar-refractivity contribution in [2.75, 3.05) is 36.3 Å². The Labute approximate surface area is 139 Å². The molecule has 4 nitrogen and oxygen atoms in total. The molecule has 0 fully saturated rings. The van der Waals surface area contributed by atoms with Crippen LogP contribution in [0, 0.1) is 0 Å². The van der Waals surface area contributed by atoms with Crippen LogP contribution in [0.2, 0.25) is 0 Å². The smallest absolute Gasteiger partial charge is 0.246 e. The van der Waals surface area contributed by atoms with Gasteiger partial charge in [-0.25, -0.2) is 0 Å². The number of benzene rings is 1. The molecule has 1 heterocycles. The largest absolute Gasteiger partial charge is 0.371 e. The average Bonchev–Trinajstić information content (AvgIpc) is 2.77. The van der Waals surface area contributed by atoms with Gasteiger partial charge in [-0.1, -0.05) is 0 Å². The lowest BCUT2D eigenvalue weighted by Gasteiger charge is -2.28. The summed E-state index contributed by atoms with van der Waals surface area (Å²) in [6.07, 6.45) is 3.26. The molecule has 6 heteroatoms. The number of rotatable bonds is 6. The highest BCUT2D eigenvalue weighted by Crippen LogP contribution is 2.39. The summed E-state index contributed by atoms with van der Waals surface area (Å²) in [5.41, 5.74) is 3.02. The van der Waals surface area contributed by atoms with E-state index < -0.39 is 0 Å². The lowest BCUT2D eigenvalue weighted by atomic mass is 10.1. The molecule has 0 spiro atoms. The number of hydrogen-bond donors (Lipinski definition) is 2. The van der Waals surface area contributed by atoms with Crippen molar-refractivity contribution in [2.24, 2.45) is 0 Å². The molecule has 1 aromatic carbocycles. The summed E-state index contributed by atoms with van der Waals surface area (Å²) < 4.78 is 1.02. The second-order valence-electron chi connectivity index (χ2n) is 5.34.